The first-order chi connectivity index (χ1) is 13.4. The third-order valence-corrected chi connectivity index (χ3v) is 4.83. The second-order valence-electron chi connectivity index (χ2n) is 8.31. The van der Waals surface area contributed by atoms with E-state index in [0.29, 0.717) is 6.42 Å². The fourth-order valence-corrected chi connectivity index (χ4v) is 3.11. The highest BCUT2D eigenvalue weighted by molar-refractivity contribution is 5.69. The summed E-state index contributed by atoms with van der Waals surface area (Å²) in [4.78, 5) is 22.2. The van der Waals surface area contributed by atoms with Gasteiger partial charge in [-0.15, -0.1) is 0 Å². The Bertz CT molecular complexity index is 381. The Morgan fingerprint density at radius 3 is 1.61 bits per heavy atom. The van der Waals surface area contributed by atoms with E-state index in [1.54, 1.807) is 0 Å². The SMILES string of the molecule is CC(=O)OCC(O)COC(=O)CCCCCCCCCCCCCCC(C)C. The Morgan fingerprint density at radius 1 is 0.714 bits per heavy atom. The van der Waals surface area contributed by atoms with Crippen LogP contribution in [0.25, 0.3) is 0 Å². The molecular formula is C23H44O5. The molecule has 0 heterocycles. The Morgan fingerprint density at radius 2 is 1.14 bits per heavy atom. The number of hydrogen-bond donors (Lipinski definition) is 1. The molecule has 0 spiro atoms. The van der Waals surface area contributed by atoms with Gasteiger partial charge in [0.1, 0.15) is 19.3 Å². The molecule has 0 saturated carbocycles. The summed E-state index contributed by atoms with van der Waals surface area (Å²) in [7, 11) is 0. The molecule has 5 nitrogen and oxygen atoms in total. The van der Waals surface area contributed by atoms with Gasteiger partial charge in [0.2, 0.25) is 0 Å². The second kappa shape index (κ2) is 19.2. The van der Waals surface area contributed by atoms with E-state index in [4.69, 9.17) is 4.74 Å². The van der Waals surface area contributed by atoms with Crippen LogP contribution in [0.3, 0.4) is 0 Å². The molecule has 1 unspecified atom stereocenters. The molecule has 0 fully saturated rings. The van der Waals surface area contributed by atoms with Gasteiger partial charge in [-0.3, -0.25) is 9.59 Å². The molecule has 0 radical (unpaired) electrons. The molecule has 28 heavy (non-hydrogen) atoms. The summed E-state index contributed by atoms with van der Waals surface area (Å²) in [5, 5.41) is 9.50. The predicted molar refractivity (Wildman–Crippen MR) is 113 cm³/mol. The molecule has 1 N–H and O–H groups in total. The lowest BCUT2D eigenvalue weighted by molar-refractivity contribution is -0.151. The van der Waals surface area contributed by atoms with Gasteiger partial charge in [-0.05, 0) is 12.3 Å². The Hall–Kier alpha value is -1.10. The molecule has 0 aliphatic heterocycles. The number of carbonyl (C=O) groups excluding carboxylic acids is 2. The second-order valence-corrected chi connectivity index (χ2v) is 8.31. The highest BCUT2D eigenvalue weighted by atomic mass is 16.6. The van der Waals surface area contributed by atoms with Gasteiger partial charge in [0, 0.05) is 13.3 Å². The van der Waals surface area contributed by atoms with Crippen molar-refractivity contribution < 1.29 is 24.2 Å². The Kier molecular flexibility index (Phi) is 18.5. The van der Waals surface area contributed by atoms with Crippen LogP contribution in [0.2, 0.25) is 0 Å². The number of hydrogen-bond acceptors (Lipinski definition) is 5. The first kappa shape index (κ1) is 26.9. The van der Waals surface area contributed by atoms with Crippen LogP contribution in [-0.4, -0.2) is 36.4 Å². The Balaban J connectivity index is 3.26. The molecule has 0 amide bonds. The zero-order valence-corrected chi connectivity index (χ0v) is 18.5. The molecule has 0 aromatic rings. The summed E-state index contributed by atoms with van der Waals surface area (Å²) >= 11 is 0. The molecule has 0 aliphatic carbocycles. The number of esters is 2. The Labute approximate surface area is 172 Å². The van der Waals surface area contributed by atoms with Crippen LogP contribution in [0.15, 0.2) is 0 Å². The largest absolute Gasteiger partial charge is 0.463 e. The smallest absolute Gasteiger partial charge is 0.305 e. The van der Waals surface area contributed by atoms with Crippen molar-refractivity contribution in [1.82, 2.24) is 0 Å². The molecule has 5 heteroatoms. The van der Waals surface area contributed by atoms with E-state index in [-0.39, 0.29) is 19.2 Å². The van der Waals surface area contributed by atoms with E-state index in [1.807, 2.05) is 0 Å². The van der Waals surface area contributed by atoms with Crippen molar-refractivity contribution in [2.24, 2.45) is 5.92 Å². The lowest BCUT2D eigenvalue weighted by Gasteiger charge is -2.11. The number of unbranched alkanes of at least 4 members (excludes halogenated alkanes) is 11. The lowest BCUT2D eigenvalue weighted by Crippen LogP contribution is -2.24. The van der Waals surface area contributed by atoms with E-state index >= 15 is 0 Å². The van der Waals surface area contributed by atoms with Gasteiger partial charge < -0.3 is 14.6 Å². The van der Waals surface area contributed by atoms with Gasteiger partial charge in [0.25, 0.3) is 0 Å². The number of carbonyl (C=O) groups is 2. The van der Waals surface area contributed by atoms with Crippen LogP contribution >= 0.6 is 0 Å². The van der Waals surface area contributed by atoms with Crippen molar-refractivity contribution in [3.05, 3.63) is 0 Å². The van der Waals surface area contributed by atoms with E-state index in [2.05, 4.69) is 18.6 Å². The number of aliphatic hydroxyl groups is 1. The standard InChI is InChI=1S/C23H44O5/c1-20(2)16-14-12-10-8-6-4-5-7-9-11-13-15-17-23(26)28-19-22(25)18-27-21(3)24/h20,22,25H,4-19H2,1-3H3. The summed E-state index contributed by atoms with van der Waals surface area (Å²) in [6, 6.07) is 0. The zero-order valence-electron chi connectivity index (χ0n) is 18.5. The maximum absolute atomic E-state index is 11.6. The highest BCUT2D eigenvalue weighted by Gasteiger charge is 2.10. The van der Waals surface area contributed by atoms with Crippen molar-refractivity contribution in [3.63, 3.8) is 0 Å². The monoisotopic (exact) mass is 400 g/mol. The van der Waals surface area contributed by atoms with E-state index in [9.17, 15) is 14.7 Å². The summed E-state index contributed by atoms with van der Waals surface area (Å²) in [5.41, 5.74) is 0. The molecule has 0 aromatic carbocycles. The van der Waals surface area contributed by atoms with Crippen LogP contribution in [-0.2, 0) is 19.1 Å². The van der Waals surface area contributed by atoms with Crippen molar-refractivity contribution >= 4 is 11.9 Å². The number of rotatable bonds is 19. The molecule has 166 valence electrons. The molecule has 0 saturated heterocycles. The quantitative estimate of drug-likeness (QED) is 0.227. The first-order valence-electron chi connectivity index (χ1n) is 11.4. The fourth-order valence-electron chi connectivity index (χ4n) is 3.11. The molecule has 0 aliphatic rings. The van der Waals surface area contributed by atoms with Crippen molar-refractivity contribution in [2.45, 2.75) is 117 Å². The third kappa shape index (κ3) is 21.2. The molecular weight excluding hydrogens is 356 g/mol. The normalized spacial score (nSPS) is 12.2. The van der Waals surface area contributed by atoms with E-state index in [1.165, 1.54) is 71.1 Å². The minimum Gasteiger partial charge on any atom is -0.463 e. The van der Waals surface area contributed by atoms with Crippen LogP contribution in [0.1, 0.15) is 111 Å². The van der Waals surface area contributed by atoms with Crippen molar-refractivity contribution in [2.75, 3.05) is 13.2 Å². The van der Waals surface area contributed by atoms with Crippen molar-refractivity contribution in [3.8, 4) is 0 Å². The van der Waals surface area contributed by atoms with Crippen molar-refractivity contribution in [1.29, 1.82) is 0 Å². The minimum absolute atomic E-state index is 0.121. The molecule has 0 bridgehead atoms. The lowest BCUT2D eigenvalue weighted by atomic mass is 10.0. The number of ether oxygens (including phenoxy) is 2. The van der Waals surface area contributed by atoms with Crippen LogP contribution in [0.4, 0.5) is 0 Å². The first-order valence-corrected chi connectivity index (χ1v) is 11.4. The maximum Gasteiger partial charge on any atom is 0.305 e. The van der Waals surface area contributed by atoms with Gasteiger partial charge in [-0.2, -0.15) is 0 Å². The molecule has 1 atom stereocenters. The molecule has 0 rings (SSSR count). The van der Waals surface area contributed by atoms with Gasteiger partial charge in [-0.25, -0.2) is 0 Å². The summed E-state index contributed by atoms with van der Waals surface area (Å²) in [6.07, 6.45) is 16.0. The highest BCUT2D eigenvalue weighted by Crippen LogP contribution is 2.14. The average molecular weight is 401 g/mol. The summed E-state index contributed by atoms with van der Waals surface area (Å²) in [6.45, 7) is 5.61. The van der Waals surface area contributed by atoms with E-state index in [0.717, 1.165) is 25.2 Å². The fraction of sp³-hybridized carbons (Fsp3) is 0.913. The summed E-state index contributed by atoms with van der Waals surface area (Å²) < 4.78 is 9.62. The van der Waals surface area contributed by atoms with E-state index < -0.39 is 12.1 Å². The van der Waals surface area contributed by atoms with Crippen LogP contribution < -0.4 is 0 Å². The number of aliphatic hydroxyl groups excluding tert-OH is 1. The van der Waals surface area contributed by atoms with Gasteiger partial charge in [-0.1, -0.05) is 90.9 Å². The maximum atomic E-state index is 11.6. The molecule has 0 aromatic heterocycles. The van der Waals surface area contributed by atoms with Gasteiger partial charge in [0.05, 0.1) is 0 Å². The minimum atomic E-state index is -0.951. The zero-order chi connectivity index (χ0) is 21.0. The topological polar surface area (TPSA) is 72.8 Å². The predicted octanol–water partition coefficient (Wildman–Crippen LogP) is 5.57. The van der Waals surface area contributed by atoms with Crippen LogP contribution in [0.5, 0.6) is 0 Å². The van der Waals surface area contributed by atoms with Gasteiger partial charge in [0.15, 0.2) is 0 Å². The van der Waals surface area contributed by atoms with Crippen LogP contribution in [0, 0.1) is 5.92 Å². The summed E-state index contributed by atoms with van der Waals surface area (Å²) in [5.74, 6) is 0.0926. The van der Waals surface area contributed by atoms with Gasteiger partial charge >= 0.3 is 11.9 Å². The third-order valence-electron chi connectivity index (χ3n) is 4.83. The average Bonchev–Trinajstić information content (AvgIpc) is 2.64.